The lowest BCUT2D eigenvalue weighted by Crippen LogP contribution is -2.15. The van der Waals surface area contributed by atoms with E-state index in [9.17, 15) is 0 Å². The number of rotatable bonds is 6. The lowest BCUT2D eigenvalue weighted by molar-refractivity contribution is 0.0555. The molecule has 2 heteroatoms. The van der Waals surface area contributed by atoms with Crippen LogP contribution in [0.2, 0.25) is 0 Å². The SMILES string of the molecule is CC(N)CCCCOC1CCCC1. The van der Waals surface area contributed by atoms with Crippen LogP contribution in [0.1, 0.15) is 51.9 Å². The van der Waals surface area contributed by atoms with Gasteiger partial charge in [0.25, 0.3) is 0 Å². The average molecular weight is 185 g/mol. The fourth-order valence-electron chi connectivity index (χ4n) is 1.87. The average Bonchev–Trinajstić information content (AvgIpc) is 2.55. The minimum absolute atomic E-state index is 0.353. The van der Waals surface area contributed by atoms with E-state index in [2.05, 4.69) is 6.92 Å². The van der Waals surface area contributed by atoms with Gasteiger partial charge >= 0.3 is 0 Å². The van der Waals surface area contributed by atoms with Gasteiger partial charge in [-0.3, -0.25) is 0 Å². The van der Waals surface area contributed by atoms with Crippen molar-refractivity contribution in [2.45, 2.75) is 64.0 Å². The zero-order chi connectivity index (χ0) is 9.52. The summed E-state index contributed by atoms with van der Waals surface area (Å²) in [7, 11) is 0. The molecule has 1 unspecified atom stereocenters. The van der Waals surface area contributed by atoms with Gasteiger partial charge in [-0.2, -0.15) is 0 Å². The molecule has 0 aliphatic heterocycles. The van der Waals surface area contributed by atoms with Crippen molar-refractivity contribution in [3.63, 3.8) is 0 Å². The Bertz CT molecular complexity index is 119. The molecule has 2 nitrogen and oxygen atoms in total. The summed E-state index contributed by atoms with van der Waals surface area (Å²) in [6.45, 7) is 3.01. The van der Waals surface area contributed by atoms with Gasteiger partial charge in [-0.1, -0.05) is 12.8 Å². The minimum atomic E-state index is 0.353. The third-order valence-electron chi connectivity index (χ3n) is 2.71. The Hall–Kier alpha value is -0.0800. The molecule has 1 atom stereocenters. The highest BCUT2D eigenvalue weighted by molar-refractivity contribution is 4.66. The van der Waals surface area contributed by atoms with Crippen molar-refractivity contribution >= 4 is 0 Å². The van der Waals surface area contributed by atoms with Gasteiger partial charge in [0, 0.05) is 12.6 Å². The van der Waals surface area contributed by atoms with Crippen LogP contribution in [0.5, 0.6) is 0 Å². The molecule has 0 aromatic carbocycles. The van der Waals surface area contributed by atoms with E-state index in [0.717, 1.165) is 13.0 Å². The van der Waals surface area contributed by atoms with E-state index in [1.54, 1.807) is 0 Å². The fraction of sp³-hybridized carbons (Fsp3) is 1.00. The molecule has 1 fully saturated rings. The summed E-state index contributed by atoms with van der Waals surface area (Å²) in [5, 5.41) is 0. The van der Waals surface area contributed by atoms with Crippen molar-refractivity contribution in [2.75, 3.05) is 6.61 Å². The number of ether oxygens (including phenoxy) is 1. The van der Waals surface area contributed by atoms with Crippen molar-refractivity contribution < 1.29 is 4.74 Å². The van der Waals surface area contributed by atoms with E-state index in [1.165, 1.54) is 38.5 Å². The van der Waals surface area contributed by atoms with Gasteiger partial charge < -0.3 is 10.5 Å². The smallest absolute Gasteiger partial charge is 0.0575 e. The zero-order valence-electron chi connectivity index (χ0n) is 8.80. The van der Waals surface area contributed by atoms with Crippen molar-refractivity contribution in [2.24, 2.45) is 5.73 Å². The van der Waals surface area contributed by atoms with Crippen LogP contribution in [-0.2, 0) is 4.74 Å². The van der Waals surface area contributed by atoms with E-state index < -0.39 is 0 Å². The molecule has 0 radical (unpaired) electrons. The van der Waals surface area contributed by atoms with Crippen LogP contribution in [0, 0.1) is 0 Å². The van der Waals surface area contributed by atoms with Crippen LogP contribution in [0.15, 0.2) is 0 Å². The fourth-order valence-corrected chi connectivity index (χ4v) is 1.87. The quantitative estimate of drug-likeness (QED) is 0.645. The van der Waals surface area contributed by atoms with Crippen molar-refractivity contribution in [1.29, 1.82) is 0 Å². The number of hydrogen-bond donors (Lipinski definition) is 1. The topological polar surface area (TPSA) is 35.2 Å². The largest absolute Gasteiger partial charge is 0.378 e. The second-order valence-electron chi connectivity index (χ2n) is 4.25. The van der Waals surface area contributed by atoms with Crippen molar-refractivity contribution in [1.82, 2.24) is 0 Å². The molecule has 13 heavy (non-hydrogen) atoms. The predicted molar refractivity (Wildman–Crippen MR) is 55.7 cm³/mol. The summed E-state index contributed by atoms with van der Waals surface area (Å²) in [5.74, 6) is 0. The molecule has 78 valence electrons. The molecule has 1 rings (SSSR count). The highest BCUT2D eigenvalue weighted by Crippen LogP contribution is 2.21. The Morgan fingerprint density at radius 3 is 2.62 bits per heavy atom. The predicted octanol–water partition coefficient (Wildman–Crippen LogP) is 2.46. The van der Waals surface area contributed by atoms with E-state index in [0.29, 0.717) is 12.1 Å². The van der Waals surface area contributed by atoms with Gasteiger partial charge in [0.1, 0.15) is 0 Å². The molecule has 0 heterocycles. The van der Waals surface area contributed by atoms with Crippen molar-refractivity contribution in [3.8, 4) is 0 Å². The first kappa shape index (κ1) is 11.0. The molecule has 1 aliphatic rings. The maximum absolute atomic E-state index is 5.74. The third-order valence-corrected chi connectivity index (χ3v) is 2.71. The first-order chi connectivity index (χ1) is 6.29. The van der Waals surface area contributed by atoms with Crippen LogP contribution in [0.4, 0.5) is 0 Å². The highest BCUT2D eigenvalue weighted by Gasteiger charge is 2.14. The molecule has 0 bridgehead atoms. The first-order valence-electron chi connectivity index (χ1n) is 5.66. The summed E-state index contributed by atoms with van der Waals surface area (Å²) in [6.07, 6.45) is 9.40. The standard InChI is InChI=1S/C11H23NO/c1-10(12)6-4-5-9-13-11-7-2-3-8-11/h10-11H,2-9,12H2,1H3. The number of unbranched alkanes of at least 4 members (excludes halogenated alkanes) is 1. The molecule has 0 amide bonds. The second kappa shape index (κ2) is 6.39. The van der Waals surface area contributed by atoms with Gasteiger partial charge in [0.15, 0.2) is 0 Å². The van der Waals surface area contributed by atoms with E-state index in [-0.39, 0.29) is 0 Å². The summed E-state index contributed by atoms with van der Waals surface area (Å²) in [6, 6.07) is 0.353. The molecule has 0 aromatic heterocycles. The van der Waals surface area contributed by atoms with Crippen LogP contribution in [-0.4, -0.2) is 18.8 Å². The van der Waals surface area contributed by atoms with Gasteiger partial charge in [-0.05, 0) is 39.0 Å². The van der Waals surface area contributed by atoms with E-state index >= 15 is 0 Å². The maximum Gasteiger partial charge on any atom is 0.0575 e. The monoisotopic (exact) mass is 185 g/mol. The van der Waals surface area contributed by atoms with Crippen LogP contribution in [0.25, 0.3) is 0 Å². The Morgan fingerprint density at radius 1 is 1.31 bits per heavy atom. The Labute approximate surface area is 81.8 Å². The van der Waals surface area contributed by atoms with Crippen LogP contribution >= 0.6 is 0 Å². The molecular formula is C11H23NO. The second-order valence-corrected chi connectivity index (χ2v) is 4.25. The number of nitrogens with two attached hydrogens (primary N) is 1. The summed E-state index contributed by atoms with van der Waals surface area (Å²) in [4.78, 5) is 0. The van der Waals surface area contributed by atoms with Gasteiger partial charge in [-0.25, -0.2) is 0 Å². The number of hydrogen-bond acceptors (Lipinski definition) is 2. The van der Waals surface area contributed by atoms with E-state index in [1.807, 2.05) is 0 Å². The van der Waals surface area contributed by atoms with Gasteiger partial charge in [0.05, 0.1) is 6.10 Å². The summed E-state index contributed by atoms with van der Waals surface area (Å²) < 4.78 is 5.74. The van der Waals surface area contributed by atoms with Crippen LogP contribution < -0.4 is 5.73 Å². The van der Waals surface area contributed by atoms with Crippen LogP contribution in [0.3, 0.4) is 0 Å². The Morgan fingerprint density at radius 2 is 2.00 bits per heavy atom. The summed E-state index contributed by atoms with van der Waals surface area (Å²) >= 11 is 0. The van der Waals surface area contributed by atoms with Crippen molar-refractivity contribution in [3.05, 3.63) is 0 Å². The highest BCUT2D eigenvalue weighted by atomic mass is 16.5. The molecule has 1 saturated carbocycles. The molecule has 0 saturated heterocycles. The first-order valence-corrected chi connectivity index (χ1v) is 5.66. The normalized spacial score (nSPS) is 20.8. The molecule has 2 N–H and O–H groups in total. The molecule has 0 spiro atoms. The van der Waals surface area contributed by atoms with Gasteiger partial charge in [0.2, 0.25) is 0 Å². The zero-order valence-corrected chi connectivity index (χ0v) is 8.80. The molecule has 0 aromatic rings. The lowest BCUT2D eigenvalue weighted by atomic mass is 10.1. The van der Waals surface area contributed by atoms with E-state index in [4.69, 9.17) is 10.5 Å². The molecular weight excluding hydrogens is 162 g/mol. The lowest BCUT2D eigenvalue weighted by Gasteiger charge is -2.11. The Balaban J connectivity index is 1.83. The molecule has 1 aliphatic carbocycles. The minimum Gasteiger partial charge on any atom is -0.378 e. The Kier molecular flexibility index (Phi) is 5.40. The maximum atomic E-state index is 5.74. The third kappa shape index (κ3) is 5.27. The van der Waals surface area contributed by atoms with Gasteiger partial charge in [-0.15, -0.1) is 0 Å². The summed E-state index contributed by atoms with van der Waals surface area (Å²) in [5.41, 5.74) is 5.66.